The minimum absolute atomic E-state index is 0.0324. The van der Waals surface area contributed by atoms with Crippen LogP contribution in [0.2, 0.25) is 36.3 Å². The maximum Gasteiger partial charge on any atom is 0.192 e. The van der Waals surface area contributed by atoms with Gasteiger partial charge in [0, 0.05) is 12.8 Å². The van der Waals surface area contributed by atoms with Crippen LogP contribution < -0.4 is 0 Å². The van der Waals surface area contributed by atoms with Crippen LogP contribution in [0.1, 0.15) is 67.7 Å². The molecule has 0 radical (unpaired) electrons. The lowest BCUT2D eigenvalue weighted by molar-refractivity contribution is -0.0506. The van der Waals surface area contributed by atoms with Gasteiger partial charge in [-0.2, -0.15) is 0 Å². The van der Waals surface area contributed by atoms with Crippen molar-refractivity contribution in [2.24, 2.45) is 5.92 Å². The van der Waals surface area contributed by atoms with Crippen molar-refractivity contribution in [2.75, 3.05) is 6.61 Å². The molecule has 0 unspecified atom stereocenters. The summed E-state index contributed by atoms with van der Waals surface area (Å²) in [5.74, 6) is 3.14. The average Bonchev–Trinajstić information content (AvgIpc) is 2.91. The molecule has 176 valence electrons. The van der Waals surface area contributed by atoms with Crippen LogP contribution in [0.4, 0.5) is 0 Å². The van der Waals surface area contributed by atoms with Crippen LogP contribution in [0.3, 0.4) is 0 Å². The van der Waals surface area contributed by atoms with Gasteiger partial charge in [0.05, 0.1) is 31.0 Å². The Morgan fingerprint density at radius 2 is 1.60 bits per heavy atom. The molecule has 0 aromatic carbocycles. The van der Waals surface area contributed by atoms with E-state index in [1.807, 2.05) is 0 Å². The molecule has 1 rings (SSSR count). The number of terminal acetylenes is 1. The Morgan fingerprint density at radius 3 is 2.07 bits per heavy atom. The molecule has 1 fully saturated rings. The average molecular weight is 457 g/mol. The summed E-state index contributed by atoms with van der Waals surface area (Å²) in [6.45, 7) is 24.9. The van der Waals surface area contributed by atoms with Gasteiger partial charge in [-0.1, -0.05) is 48.5 Å². The first kappa shape index (κ1) is 27.9. The molecule has 1 saturated heterocycles. The van der Waals surface area contributed by atoms with E-state index < -0.39 is 22.7 Å². The molecule has 0 aromatic rings. The van der Waals surface area contributed by atoms with Crippen LogP contribution in [-0.4, -0.2) is 52.8 Å². The number of hydrogen-bond donors (Lipinski definition) is 1. The van der Waals surface area contributed by atoms with E-state index in [1.165, 1.54) is 0 Å². The van der Waals surface area contributed by atoms with Gasteiger partial charge in [0.2, 0.25) is 0 Å². The highest BCUT2D eigenvalue weighted by atomic mass is 28.4. The van der Waals surface area contributed by atoms with Gasteiger partial charge in [0.15, 0.2) is 16.6 Å². The Balaban J connectivity index is 2.92. The Kier molecular flexibility index (Phi) is 9.46. The SMILES string of the molecule is C#CC[C@@H]1O[C@H]([C@H](C[C@H](O)CO[Si](C)(C)C(C)(C)C)O[Si](C)(C)C(C)(C)C)C[C@@H]1C. The largest absolute Gasteiger partial charge is 0.414 e. The normalized spacial score (nSPS) is 25.8. The van der Waals surface area contributed by atoms with Crippen molar-refractivity contribution in [2.45, 2.75) is 128 Å². The Labute approximate surface area is 188 Å². The van der Waals surface area contributed by atoms with Crippen LogP contribution in [0, 0.1) is 18.3 Å². The molecular formula is C24H48O4Si2. The van der Waals surface area contributed by atoms with E-state index in [1.54, 1.807) is 0 Å². The van der Waals surface area contributed by atoms with E-state index in [2.05, 4.69) is 80.6 Å². The first-order valence-corrected chi connectivity index (χ1v) is 17.3. The molecule has 1 aliphatic rings. The summed E-state index contributed by atoms with van der Waals surface area (Å²) in [6, 6.07) is 0. The van der Waals surface area contributed by atoms with Gasteiger partial charge in [0.25, 0.3) is 0 Å². The Bertz CT molecular complexity index is 583. The first-order chi connectivity index (χ1) is 13.4. The topological polar surface area (TPSA) is 47.9 Å². The van der Waals surface area contributed by atoms with Gasteiger partial charge >= 0.3 is 0 Å². The Morgan fingerprint density at radius 1 is 1.07 bits per heavy atom. The fourth-order valence-corrected chi connectivity index (χ4v) is 5.63. The van der Waals surface area contributed by atoms with Gasteiger partial charge in [0.1, 0.15) is 0 Å². The fraction of sp³-hybridized carbons (Fsp3) is 0.917. The molecule has 1 aliphatic heterocycles. The van der Waals surface area contributed by atoms with Gasteiger partial charge < -0.3 is 18.7 Å². The molecule has 5 atom stereocenters. The predicted molar refractivity (Wildman–Crippen MR) is 132 cm³/mol. The predicted octanol–water partition coefficient (Wildman–Crippen LogP) is 5.97. The molecule has 6 heteroatoms. The lowest BCUT2D eigenvalue weighted by atomic mass is 9.96. The third kappa shape index (κ3) is 7.46. The number of rotatable bonds is 9. The molecular weight excluding hydrogens is 408 g/mol. The van der Waals surface area contributed by atoms with E-state index in [0.717, 1.165) is 6.42 Å². The van der Waals surface area contributed by atoms with E-state index in [-0.39, 0.29) is 28.4 Å². The zero-order valence-electron chi connectivity index (χ0n) is 21.5. The molecule has 0 saturated carbocycles. The van der Waals surface area contributed by atoms with Crippen LogP contribution >= 0.6 is 0 Å². The molecule has 0 amide bonds. The minimum atomic E-state index is -2.02. The zero-order chi connectivity index (χ0) is 23.5. The lowest BCUT2D eigenvalue weighted by Gasteiger charge is -2.41. The second kappa shape index (κ2) is 10.2. The highest BCUT2D eigenvalue weighted by molar-refractivity contribution is 6.74. The summed E-state index contributed by atoms with van der Waals surface area (Å²) in [4.78, 5) is 0. The second-order valence-electron chi connectivity index (χ2n) is 12.2. The van der Waals surface area contributed by atoms with E-state index in [4.69, 9.17) is 20.0 Å². The van der Waals surface area contributed by atoms with Crippen molar-refractivity contribution in [3.63, 3.8) is 0 Å². The van der Waals surface area contributed by atoms with Crippen LogP contribution in [0.15, 0.2) is 0 Å². The van der Waals surface area contributed by atoms with Crippen molar-refractivity contribution in [3.8, 4) is 12.3 Å². The molecule has 1 N–H and O–H groups in total. The molecule has 0 aliphatic carbocycles. The van der Waals surface area contributed by atoms with E-state index in [9.17, 15) is 5.11 Å². The maximum atomic E-state index is 10.9. The third-order valence-corrected chi connectivity index (χ3v) is 16.5. The zero-order valence-corrected chi connectivity index (χ0v) is 23.5. The molecule has 0 bridgehead atoms. The standard InChI is InChI=1S/C24H48O4Si2/c1-13-14-20-18(2)15-21(27-20)22(28-30(11,12)24(6,7)8)16-19(25)17-26-29(9,10)23(3,4)5/h1,18-22,25H,14-17H2,2-12H3/t18-,19-,20-,21-,22-/m0/s1. The first-order valence-electron chi connectivity index (χ1n) is 11.5. The van der Waals surface area contributed by atoms with Crippen molar-refractivity contribution in [3.05, 3.63) is 0 Å². The highest BCUT2D eigenvalue weighted by Crippen LogP contribution is 2.41. The smallest absolute Gasteiger partial charge is 0.192 e. The summed E-state index contributed by atoms with van der Waals surface area (Å²) in [5, 5.41) is 11.1. The highest BCUT2D eigenvalue weighted by Gasteiger charge is 2.45. The van der Waals surface area contributed by atoms with Crippen molar-refractivity contribution < 1.29 is 18.7 Å². The molecule has 1 heterocycles. The second-order valence-corrected chi connectivity index (χ2v) is 21.8. The van der Waals surface area contributed by atoms with E-state index in [0.29, 0.717) is 25.4 Å². The number of aliphatic hydroxyl groups is 1. The minimum Gasteiger partial charge on any atom is -0.414 e. The van der Waals surface area contributed by atoms with Gasteiger partial charge in [-0.25, -0.2) is 0 Å². The van der Waals surface area contributed by atoms with Crippen molar-refractivity contribution in [1.82, 2.24) is 0 Å². The Hall–Kier alpha value is -0.166. The molecule has 0 aromatic heterocycles. The monoisotopic (exact) mass is 456 g/mol. The van der Waals surface area contributed by atoms with Crippen LogP contribution in [0.25, 0.3) is 0 Å². The lowest BCUT2D eigenvalue weighted by Crippen LogP contribution is -2.49. The van der Waals surface area contributed by atoms with Gasteiger partial charge in [-0.15, -0.1) is 12.3 Å². The number of hydrogen-bond acceptors (Lipinski definition) is 4. The summed E-state index contributed by atoms with van der Waals surface area (Å²) in [5.41, 5.74) is 0. The van der Waals surface area contributed by atoms with Crippen molar-refractivity contribution in [1.29, 1.82) is 0 Å². The molecule has 0 spiro atoms. The summed E-state index contributed by atoms with van der Waals surface area (Å²) in [6.07, 6.45) is 6.94. The van der Waals surface area contributed by atoms with Crippen molar-refractivity contribution >= 4 is 16.6 Å². The molecule has 4 nitrogen and oxygen atoms in total. The third-order valence-electron chi connectivity index (χ3n) is 7.52. The van der Waals surface area contributed by atoms with Gasteiger partial charge in [-0.05, 0) is 48.6 Å². The summed E-state index contributed by atoms with van der Waals surface area (Å²) >= 11 is 0. The number of aliphatic hydroxyl groups excluding tert-OH is 1. The summed E-state index contributed by atoms with van der Waals surface area (Å²) < 4.78 is 19.4. The van der Waals surface area contributed by atoms with Crippen LogP contribution in [0.5, 0.6) is 0 Å². The fourth-order valence-electron chi connectivity index (χ4n) is 3.23. The van der Waals surface area contributed by atoms with Gasteiger partial charge in [-0.3, -0.25) is 0 Å². The van der Waals surface area contributed by atoms with E-state index >= 15 is 0 Å². The molecule has 30 heavy (non-hydrogen) atoms. The summed E-state index contributed by atoms with van der Waals surface area (Å²) in [7, 11) is -3.92. The number of ether oxygens (including phenoxy) is 1. The van der Waals surface area contributed by atoms with Crippen LogP contribution in [-0.2, 0) is 13.6 Å². The maximum absolute atomic E-state index is 10.9. The quantitative estimate of drug-likeness (QED) is 0.343.